The third-order valence-corrected chi connectivity index (χ3v) is 6.65. The summed E-state index contributed by atoms with van der Waals surface area (Å²) in [5.74, 6) is -1.07. The summed E-state index contributed by atoms with van der Waals surface area (Å²) >= 11 is 0. The van der Waals surface area contributed by atoms with Crippen molar-refractivity contribution in [2.24, 2.45) is 5.73 Å². The number of fused-ring (bicyclic) bond motifs is 1. The molecule has 0 spiro atoms. The summed E-state index contributed by atoms with van der Waals surface area (Å²) < 4.78 is 37.5. The number of sulfone groups is 1. The van der Waals surface area contributed by atoms with Crippen molar-refractivity contribution in [3.63, 3.8) is 0 Å². The molecule has 1 heterocycles. The normalized spacial score (nSPS) is 19.2. The quantitative estimate of drug-likeness (QED) is 0.759. The molecule has 2 unspecified atom stereocenters. The van der Waals surface area contributed by atoms with Crippen LogP contribution in [0.5, 0.6) is 11.5 Å². The topological polar surface area (TPSA) is 116 Å². The van der Waals surface area contributed by atoms with E-state index in [1.54, 1.807) is 36.4 Å². The average molecular weight is 405 g/mol. The molecule has 7 nitrogen and oxygen atoms in total. The predicted molar refractivity (Wildman–Crippen MR) is 103 cm³/mol. The summed E-state index contributed by atoms with van der Waals surface area (Å²) in [5.41, 5.74) is 6.18. The minimum atomic E-state index is -3.78. The van der Waals surface area contributed by atoms with Gasteiger partial charge in [-0.1, -0.05) is 30.3 Å². The molecule has 150 valence electrons. The van der Waals surface area contributed by atoms with Crippen molar-refractivity contribution in [3.8, 4) is 11.5 Å². The van der Waals surface area contributed by atoms with E-state index in [0.717, 1.165) is 0 Å². The van der Waals surface area contributed by atoms with Crippen LogP contribution >= 0.6 is 0 Å². The highest BCUT2D eigenvalue weighted by Crippen LogP contribution is 2.47. The lowest BCUT2D eigenvalue weighted by atomic mass is 9.84. The van der Waals surface area contributed by atoms with Crippen molar-refractivity contribution in [1.29, 1.82) is 0 Å². The number of carboxylic acids is 1. The van der Waals surface area contributed by atoms with Crippen LogP contribution in [0.4, 0.5) is 0 Å². The molecular formula is C20H23NO6S. The average Bonchev–Trinajstić information content (AvgIpc) is 2.65. The van der Waals surface area contributed by atoms with E-state index in [2.05, 4.69) is 0 Å². The minimum absolute atomic E-state index is 0.159. The van der Waals surface area contributed by atoms with Crippen LogP contribution < -0.4 is 15.2 Å². The van der Waals surface area contributed by atoms with Gasteiger partial charge in [-0.2, -0.15) is 0 Å². The standard InChI is InChI=1S/C20H23NO6S/c1-20(2)11-15(19(21)28(24,25)13-7-4-3-5-8-13)14-9-6-10-16(18(14)27-20)26-12-17(22)23/h3-10,15,19H,11-12,21H2,1-2H3,(H,22,23). The van der Waals surface area contributed by atoms with Gasteiger partial charge in [0.05, 0.1) is 4.90 Å². The van der Waals surface area contributed by atoms with E-state index in [1.807, 2.05) is 13.8 Å². The molecule has 0 bridgehead atoms. The number of aliphatic carboxylic acids is 1. The van der Waals surface area contributed by atoms with Gasteiger partial charge < -0.3 is 20.3 Å². The van der Waals surface area contributed by atoms with Gasteiger partial charge >= 0.3 is 5.97 Å². The number of benzene rings is 2. The number of rotatable bonds is 6. The lowest BCUT2D eigenvalue weighted by molar-refractivity contribution is -0.139. The molecule has 0 radical (unpaired) electrons. The Morgan fingerprint density at radius 1 is 1.25 bits per heavy atom. The maximum absolute atomic E-state index is 13.1. The van der Waals surface area contributed by atoms with E-state index >= 15 is 0 Å². The maximum Gasteiger partial charge on any atom is 0.341 e. The molecule has 0 aromatic heterocycles. The molecule has 8 heteroatoms. The van der Waals surface area contributed by atoms with Crippen LogP contribution in [0.25, 0.3) is 0 Å². The fraction of sp³-hybridized carbons (Fsp3) is 0.350. The molecule has 1 aliphatic heterocycles. The fourth-order valence-electron chi connectivity index (χ4n) is 3.42. The molecule has 0 amide bonds. The van der Waals surface area contributed by atoms with Gasteiger partial charge in [0, 0.05) is 11.5 Å². The molecule has 0 saturated heterocycles. The van der Waals surface area contributed by atoms with E-state index in [4.69, 9.17) is 20.3 Å². The Kier molecular flexibility index (Phi) is 5.36. The lowest BCUT2D eigenvalue weighted by Crippen LogP contribution is -2.44. The first-order chi connectivity index (χ1) is 13.1. The van der Waals surface area contributed by atoms with Crippen LogP contribution in [-0.2, 0) is 14.6 Å². The van der Waals surface area contributed by atoms with Crippen molar-refractivity contribution < 1.29 is 27.8 Å². The number of carboxylic acid groups (broad SMARTS) is 1. The first-order valence-electron chi connectivity index (χ1n) is 8.83. The van der Waals surface area contributed by atoms with Crippen molar-refractivity contribution in [2.75, 3.05) is 6.61 Å². The summed E-state index contributed by atoms with van der Waals surface area (Å²) in [7, 11) is -3.78. The molecular weight excluding hydrogens is 382 g/mol. The Balaban J connectivity index is 2.04. The Bertz CT molecular complexity index is 971. The molecule has 1 aliphatic rings. The Morgan fingerprint density at radius 3 is 2.57 bits per heavy atom. The summed E-state index contributed by atoms with van der Waals surface area (Å²) in [6, 6.07) is 13.1. The van der Waals surface area contributed by atoms with Crippen LogP contribution in [0.2, 0.25) is 0 Å². The first-order valence-corrected chi connectivity index (χ1v) is 10.4. The fourth-order valence-corrected chi connectivity index (χ4v) is 4.95. The summed E-state index contributed by atoms with van der Waals surface area (Å²) in [5, 5.41) is 7.70. The molecule has 0 saturated carbocycles. The first kappa shape index (κ1) is 20.2. The number of carbonyl (C=O) groups is 1. The zero-order valence-electron chi connectivity index (χ0n) is 15.7. The van der Waals surface area contributed by atoms with Crippen molar-refractivity contribution in [2.45, 2.75) is 42.1 Å². The van der Waals surface area contributed by atoms with Gasteiger partial charge in [0.1, 0.15) is 11.0 Å². The summed E-state index contributed by atoms with van der Waals surface area (Å²) in [6.45, 7) is 3.14. The van der Waals surface area contributed by atoms with Crippen molar-refractivity contribution in [1.82, 2.24) is 0 Å². The molecule has 28 heavy (non-hydrogen) atoms. The predicted octanol–water partition coefficient (Wildman–Crippen LogP) is 2.55. The Labute approximate surface area is 164 Å². The second kappa shape index (κ2) is 7.44. The second-order valence-corrected chi connectivity index (χ2v) is 9.46. The zero-order chi connectivity index (χ0) is 20.5. The molecule has 3 rings (SSSR count). The van der Waals surface area contributed by atoms with Crippen LogP contribution in [0, 0.1) is 0 Å². The van der Waals surface area contributed by atoms with E-state index in [9.17, 15) is 13.2 Å². The van der Waals surface area contributed by atoms with Gasteiger partial charge in [0.2, 0.25) is 0 Å². The molecule has 2 aromatic rings. The van der Waals surface area contributed by atoms with Gasteiger partial charge in [0.25, 0.3) is 0 Å². The number of para-hydroxylation sites is 1. The third-order valence-electron chi connectivity index (χ3n) is 4.68. The van der Waals surface area contributed by atoms with E-state index in [0.29, 0.717) is 17.7 Å². The van der Waals surface area contributed by atoms with Crippen LogP contribution in [0.1, 0.15) is 31.7 Å². The largest absolute Gasteiger partial charge is 0.484 e. The monoisotopic (exact) mass is 405 g/mol. The van der Waals surface area contributed by atoms with Gasteiger partial charge in [-0.25, -0.2) is 13.2 Å². The molecule has 2 atom stereocenters. The van der Waals surface area contributed by atoms with Crippen LogP contribution in [0.15, 0.2) is 53.4 Å². The lowest BCUT2D eigenvalue weighted by Gasteiger charge is -2.40. The number of hydrogen-bond donors (Lipinski definition) is 2. The summed E-state index contributed by atoms with van der Waals surface area (Å²) in [6.07, 6.45) is 0.385. The molecule has 0 aliphatic carbocycles. The molecule has 0 fully saturated rings. The van der Waals surface area contributed by atoms with Crippen LogP contribution in [0.3, 0.4) is 0 Å². The summed E-state index contributed by atoms with van der Waals surface area (Å²) in [4.78, 5) is 11.0. The zero-order valence-corrected chi connectivity index (χ0v) is 16.5. The smallest absolute Gasteiger partial charge is 0.341 e. The number of hydrogen-bond acceptors (Lipinski definition) is 6. The van der Waals surface area contributed by atoms with Gasteiger partial charge in [-0.05, 0) is 38.5 Å². The van der Waals surface area contributed by atoms with Gasteiger partial charge in [-0.3, -0.25) is 0 Å². The van der Waals surface area contributed by atoms with E-state index < -0.39 is 39.3 Å². The SMILES string of the molecule is CC1(C)CC(C(N)S(=O)(=O)c2ccccc2)c2cccc(OCC(=O)O)c2O1. The van der Waals surface area contributed by atoms with Gasteiger partial charge in [0.15, 0.2) is 27.9 Å². The Hall–Kier alpha value is -2.58. The van der Waals surface area contributed by atoms with Crippen molar-refractivity contribution in [3.05, 3.63) is 54.1 Å². The third kappa shape index (κ3) is 3.98. The number of ether oxygens (including phenoxy) is 2. The Morgan fingerprint density at radius 2 is 1.93 bits per heavy atom. The highest BCUT2D eigenvalue weighted by Gasteiger charge is 2.42. The minimum Gasteiger partial charge on any atom is -0.484 e. The highest BCUT2D eigenvalue weighted by atomic mass is 32.2. The second-order valence-electron chi connectivity index (χ2n) is 7.35. The molecule has 3 N–H and O–H groups in total. The van der Waals surface area contributed by atoms with E-state index in [-0.39, 0.29) is 10.6 Å². The molecule has 2 aromatic carbocycles. The van der Waals surface area contributed by atoms with E-state index in [1.165, 1.54) is 12.1 Å². The maximum atomic E-state index is 13.1. The van der Waals surface area contributed by atoms with Gasteiger partial charge in [-0.15, -0.1) is 0 Å². The van der Waals surface area contributed by atoms with Crippen molar-refractivity contribution >= 4 is 15.8 Å². The number of nitrogens with two attached hydrogens (primary N) is 1. The highest BCUT2D eigenvalue weighted by molar-refractivity contribution is 7.92. The van der Waals surface area contributed by atoms with Crippen LogP contribution in [-0.4, -0.2) is 37.1 Å².